The molecular formula is C17H24N2O2S. The van der Waals surface area contributed by atoms with Crippen LogP contribution in [0.1, 0.15) is 31.2 Å². The highest BCUT2D eigenvalue weighted by molar-refractivity contribution is 7.98. The van der Waals surface area contributed by atoms with Gasteiger partial charge in [0.2, 0.25) is 0 Å². The molecule has 5 heteroatoms. The zero-order chi connectivity index (χ0) is 15.4. The summed E-state index contributed by atoms with van der Waals surface area (Å²) in [5, 5.41) is 6.11. The highest BCUT2D eigenvalue weighted by Gasteiger charge is 2.38. The average Bonchev–Trinajstić information content (AvgIpc) is 3.03. The lowest BCUT2D eigenvalue weighted by atomic mass is 9.82. The second-order valence-corrected chi connectivity index (χ2v) is 6.95. The van der Waals surface area contributed by atoms with Gasteiger partial charge in [-0.2, -0.15) is 0 Å². The molecule has 2 N–H and O–H groups in total. The van der Waals surface area contributed by atoms with E-state index in [1.807, 2.05) is 0 Å². The molecule has 0 aromatic heterocycles. The number of fused-ring (bicyclic) bond motifs is 1. The van der Waals surface area contributed by atoms with Crippen molar-refractivity contribution in [1.29, 1.82) is 0 Å². The molecule has 1 saturated carbocycles. The molecule has 1 saturated heterocycles. The molecule has 1 aromatic carbocycles. The Kier molecular flexibility index (Phi) is 5.26. The minimum Gasteiger partial charge on any atom is -0.378 e. The van der Waals surface area contributed by atoms with Crippen molar-refractivity contribution in [1.82, 2.24) is 10.6 Å². The zero-order valence-electron chi connectivity index (χ0n) is 13.0. The minimum absolute atomic E-state index is 0.0634. The van der Waals surface area contributed by atoms with Crippen molar-refractivity contribution in [3.05, 3.63) is 29.8 Å². The summed E-state index contributed by atoms with van der Waals surface area (Å²) in [5.41, 5.74) is 1.12. The fourth-order valence-corrected chi connectivity index (χ4v) is 3.91. The molecule has 2 aliphatic rings. The monoisotopic (exact) mass is 320 g/mol. The molecule has 4 nitrogen and oxygen atoms in total. The van der Waals surface area contributed by atoms with Crippen LogP contribution in [0.3, 0.4) is 0 Å². The van der Waals surface area contributed by atoms with E-state index < -0.39 is 0 Å². The van der Waals surface area contributed by atoms with Gasteiger partial charge in [-0.1, -0.05) is 12.1 Å². The smallest absolute Gasteiger partial charge is 0.315 e. The van der Waals surface area contributed by atoms with Crippen molar-refractivity contribution < 1.29 is 9.53 Å². The number of thioether (sulfide) groups is 1. The lowest BCUT2D eigenvalue weighted by molar-refractivity contribution is 0.0549. The molecule has 1 heterocycles. The summed E-state index contributed by atoms with van der Waals surface area (Å²) < 4.78 is 5.75. The van der Waals surface area contributed by atoms with Gasteiger partial charge in [-0.3, -0.25) is 0 Å². The topological polar surface area (TPSA) is 50.4 Å². The van der Waals surface area contributed by atoms with Gasteiger partial charge in [0.05, 0.1) is 6.10 Å². The second kappa shape index (κ2) is 7.38. The maximum atomic E-state index is 12.1. The Hall–Kier alpha value is -1.20. The lowest BCUT2D eigenvalue weighted by Crippen LogP contribution is -2.49. The number of hydrogen-bond acceptors (Lipinski definition) is 3. The molecule has 0 unspecified atom stereocenters. The van der Waals surface area contributed by atoms with E-state index >= 15 is 0 Å². The number of benzene rings is 1. The lowest BCUT2D eigenvalue weighted by Gasteiger charge is -2.33. The molecule has 3 atom stereocenters. The van der Waals surface area contributed by atoms with Crippen molar-refractivity contribution in [3.8, 4) is 0 Å². The molecule has 0 spiro atoms. The van der Waals surface area contributed by atoms with Gasteiger partial charge in [-0.05, 0) is 49.6 Å². The third-order valence-corrected chi connectivity index (χ3v) is 5.45. The Balaban J connectivity index is 1.47. The summed E-state index contributed by atoms with van der Waals surface area (Å²) in [6.07, 6.45) is 6.85. The van der Waals surface area contributed by atoms with Gasteiger partial charge in [0.25, 0.3) is 0 Å². The maximum Gasteiger partial charge on any atom is 0.315 e. The summed E-state index contributed by atoms with van der Waals surface area (Å²) in [5.74, 6) is 0.500. The highest BCUT2D eigenvalue weighted by Crippen LogP contribution is 2.34. The van der Waals surface area contributed by atoms with Crippen LogP contribution in [0.25, 0.3) is 0 Å². The van der Waals surface area contributed by atoms with Crippen LogP contribution in [0, 0.1) is 5.92 Å². The van der Waals surface area contributed by atoms with Crippen molar-refractivity contribution in [2.24, 2.45) is 5.92 Å². The number of amides is 2. The molecule has 120 valence electrons. The first-order valence-corrected chi connectivity index (χ1v) is 9.27. The molecular weight excluding hydrogens is 296 g/mol. The summed E-state index contributed by atoms with van der Waals surface area (Å²) in [6.45, 7) is 1.41. The van der Waals surface area contributed by atoms with Gasteiger partial charge in [0, 0.05) is 30.0 Å². The normalized spacial score (nSPS) is 27.2. The summed E-state index contributed by atoms with van der Waals surface area (Å²) in [7, 11) is 0. The number of hydrogen-bond donors (Lipinski definition) is 2. The third-order valence-electron chi connectivity index (χ3n) is 4.71. The molecule has 22 heavy (non-hydrogen) atoms. The van der Waals surface area contributed by atoms with Gasteiger partial charge >= 0.3 is 6.03 Å². The Labute approximate surface area is 136 Å². The molecule has 1 aromatic rings. The second-order valence-electron chi connectivity index (χ2n) is 6.07. The fraction of sp³-hybridized carbons (Fsp3) is 0.588. The van der Waals surface area contributed by atoms with E-state index in [1.54, 1.807) is 11.8 Å². The van der Waals surface area contributed by atoms with E-state index in [1.165, 1.54) is 4.90 Å². The quantitative estimate of drug-likeness (QED) is 0.838. The van der Waals surface area contributed by atoms with Crippen LogP contribution in [0.5, 0.6) is 0 Å². The van der Waals surface area contributed by atoms with Gasteiger partial charge in [-0.25, -0.2) is 4.79 Å². The van der Waals surface area contributed by atoms with Gasteiger partial charge < -0.3 is 15.4 Å². The van der Waals surface area contributed by atoms with Crippen LogP contribution in [-0.2, 0) is 11.3 Å². The predicted octanol–water partition coefficient (Wildman–Crippen LogP) is 3.17. The summed E-state index contributed by atoms with van der Waals surface area (Å²) in [4.78, 5) is 13.4. The first-order chi connectivity index (χ1) is 10.8. The van der Waals surface area contributed by atoms with Crippen molar-refractivity contribution in [3.63, 3.8) is 0 Å². The van der Waals surface area contributed by atoms with E-state index in [-0.39, 0.29) is 12.1 Å². The van der Waals surface area contributed by atoms with Gasteiger partial charge in [-0.15, -0.1) is 11.8 Å². The van der Waals surface area contributed by atoms with Crippen LogP contribution >= 0.6 is 11.8 Å². The number of urea groups is 1. The van der Waals surface area contributed by atoms with E-state index in [0.717, 1.165) is 37.9 Å². The first-order valence-electron chi connectivity index (χ1n) is 8.05. The fourth-order valence-electron chi connectivity index (χ4n) is 3.50. The Morgan fingerprint density at radius 1 is 1.27 bits per heavy atom. The van der Waals surface area contributed by atoms with Gasteiger partial charge in [0.15, 0.2) is 0 Å². The van der Waals surface area contributed by atoms with E-state index in [2.05, 4.69) is 41.2 Å². The highest BCUT2D eigenvalue weighted by atomic mass is 32.2. The van der Waals surface area contributed by atoms with Gasteiger partial charge in [0.1, 0.15) is 0 Å². The van der Waals surface area contributed by atoms with E-state index in [4.69, 9.17) is 4.74 Å². The zero-order valence-corrected chi connectivity index (χ0v) is 13.8. The largest absolute Gasteiger partial charge is 0.378 e. The third kappa shape index (κ3) is 3.76. The number of nitrogens with one attached hydrogen (secondary N) is 2. The first kappa shape index (κ1) is 15.7. The molecule has 2 amide bonds. The molecule has 0 radical (unpaired) electrons. The van der Waals surface area contributed by atoms with E-state index in [0.29, 0.717) is 18.6 Å². The number of carbonyl (C=O) groups is 1. The Bertz CT molecular complexity index is 506. The van der Waals surface area contributed by atoms with Crippen LogP contribution in [0.15, 0.2) is 29.2 Å². The number of carbonyl (C=O) groups excluding carboxylic acids is 1. The SMILES string of the molecule is CSc1ccc(CNC(=O)N[C@@H]2CCC[C@H]3OCC[C@H]23)cc1. The van der Waals surface area contributed by atoms with Crippen LogP contribution in [-0.4, -0.2) is 31.0 Å². The molecule has 2 fully saturated rings. The van der Waals surface area contributed by atoms with Crippen LogP contribution < -0.4 is 10.6 Å². The average molecular weight is 320 g/mol. The Morgan fingerprint density at radius 2 is 2.09 bits per heavy atom. The number of rotatable bonds is 4. The molecule has 3 rings (SSSR count). The van der Waals surface area contributed by atoms with E-state index in [9.17, 15) is 4.79 Å². The molecule has 1 aliphatic heterocycles. The van der Waals surface area contributed by atoms with Crippen molar-refractivity contribution in [2.75, 3.05) is 12.9 Å². The van der Waals surface area contributed by atoms with Crippen LogP contribution in [0.2, 0.25) is 0 Å². The number of ether oxygens (including phenoxy) is 1. The minimum atomic E-state index is -0.0634. The Morgan fingerprint density at radius 3 is 2.86 bits per heavy atom. The summed E-state index contributed by atoms with van der Waals surface area (Å²) >= 11 is 1.72. The van der Waals surface area contributed by atoms with Crippen LogP contribution in [0.4, 0.5) is 4.79 Å². The predicted molar refractivity (Wildman–Crippen MR) is 89.1 cm³/mol. The maximum absolute atomic E-state index is 12.1. The summed E-state index contributed by atoms with van der Waals surface area (Å²) in [6, 6.07) is 8.50. The van der Waals surface area contributed by atoms with Crippen molar-refractivity contribution in [2.45, 2.75) is 49.3 Å². The molecule has 0 bridgehead atoms. The van der Waals surface area contributed by atoms with Crippen molar-refractivity contribution >= 4 is 17.8 Å². The molecule has 1 aliphatic carbocycles. The standard InChI is InChI=1S/C17H24N2O2S/c1-22-13-7-5-12(6-8-13)11-18-17(20)19-15-3-2-4-16-14(15)9-10-21-16/h5-8,14-16H,2-4,9-11H2,1H3,(H2,18,19,20)/t14-,15-,16-/m1/s1.